The van der Waals surface area contributed by atoms with Crippen molar-refractivity contribution in [3.05, 3.63) is 36.4 Å². The zero-order chi connectivity index (χ0) is 24.4. The number of morpholine rings is 1. The minimum atomic E-state index is -4.26. The number of azo groups is 1. The quantitative estimate of drug-likeness (QED) is 0.236. The summed E-state index contributed by atoms with van der Waals surface area (Å²) in [6.45, 7) is 8.20. The molecule has 0 amide bonds. The van der Waals surface area contributed by atoms with Gasteiger partial charge in [-0.2, -0.15) is 13.5 Å². The lowest BCUT2D eigenvalue weighted by Gasteiger charge is -2.31. The van der Waals surface area contributed by atoms with Gasteiger partial charge >= 0.3 is 0 Å². The molecule has 0 spiro atoms. The van der Waals surface area contributed by atoms with Crippen molar-refractivity contribution in [1.82, 2.24) is 0 Å². The number of nitrogens with zero attached hydrogens (tertiary/aromatic N) is 3. The van der Waals surface area contributed by atoms with Crippen molar-refractivity contribution in [2.45, 2.75) is 44.4 Å². The Hall–Kier alpha value is -2.69. The number of benzene rings is 2. The topological polar surface area (TPSA) is 110 Å². The van der Waals surface area contributed by atoms with Gasteiger partial charge < -0.3 is 19.1 Å². The fraction of sp³-hybridized carbons (Fsp3) is 0.500. The van der Waals surface area contributed by atoms with E-state index in [0.717, 1.165) is 44.5 Å². The van der Waals surface area contributed by atoms with Crippen LogP contribution in [0.15, 0.2) is 51.5 Å². The van der Waals surface area contributed by atoms with Crippen molar-refractivity contribution in [3.8, 4) is 11.5 Å². The highest BCUT2D eigenvalue weighted by molar-refractivity contribution is 7.85. The molecule has 2 aromatic carbocycles. The van der Waals surface area contributed by atoms with Crippen LogP contribution in [-0.2, 0) is 14.9 Å². The third-order valence-corrected chi connectivity index (χ3v) is 6.18. The van der Waals surface area contributed by atoms with Crippen molar-refractivity contribution >= 4 is 27.2 Å². The monoisotopic (exact) mass is 491 g/mol. The first kappa shape index (κ1) is 25.9. The summed E-state index contributed by atoms with van der Waals surface area (Å²) >= 11 is 0. The lowest BCUT2D eigenvalue weighted by molar-refractivity contribution is 0.122. The first-order valence-electron chi connectivity index (χ1n) is 11.7. The molecule has 1 N–H and O–H groups in total. The summed E-state index contributed by atoms with van der Waals surface area (Å²) in [6, 6.07) is 9.32. The third kappa shape index (κ3) is 7.41. The molecule has 2 aromatic rings. The van der Waals surface area contributed by atoms with Gasteiger partial charge in [-0.15, -0.1) is 5.11 Å². The average Bonchev–Trinajstić information content (AvgIpc) is 2.84. The van der Waals surface area contributed by atoms with Crippen molar-refractivity contribution in [1.29, 1.82) is 0 Å². The molecule has 0 unspecified atom stereocenters. The highest BCUT2D eigenvalue weighted by Gasteiger charge is 2.20. The maximum Gasteiger partial charge on any atom is 0.294 e. The predicted molar refractivity (Wildman–Crippen MR) is 131 cm³/mol. The Labute approximate surface area is 201 Å². The molecule has 0 atom stereocenters. The van der Waals surface area contributed by atoms with E-state index in [2.05, 4.69) is 29.0 Å². The van der Waals surface area contributed by atoms with Crippen molar-refractivity contribution in [2.75, 3.05) is 44.4 Å². The summed E-state index contributed by atoms with van der Waals surface area (Å²) < 4.78 is 49.4. The van der Waals surface area contributed by atoms with Crippen molar-refractivity contribution < 1.29 is 27.2 Å². The molecule has 3 rings (SSSR count). The van der Waals surface area contributed by atoms with Gasteiger partial charge in [0.2, 0.25) is 0 Å². The second kappa shape index (κ2) is 12.7. The Bertz CT molecular complexity index is 1050. The maximum absolute atomic E-state index is 11.3. The molecule has 0 aliphatic carbocycles. The van der Waals surface area contributed by atoms with E-state index in [1.165, 1.54) is 24.3 Å². The predicted octanol–water partition coefficient (Wildman–Crippen LogP) is 5.54. The molecule has 1 fully saturated rings. The fourth-order valence-electron chi connectivity index (χ4n) is 3.35. The van der Waals surface area contributed by atoms with Gasteiger partial charge in [0.15, 0.2) is 0 Å². The van der Waals surface area contributed by atoms with Crippen LogP contribution in [0.1, 0.15) is 39.5 Å². The van der Waals surface area contributed by atoms with Crippen LogP contribution in [0.5, 0.6) is 11.5 Å². The molecule has 1 aliphatic rings. The second-order valence-electron chi connectivity index (χ2n) is 7.96. The third-order valence-electron chi connectivity index (χ3n) is 5.31. The molecule has 1 aliphatic heterocycles. The van der Waals surface area contributed by atoms with E-state index < -0.39 is 10.1 Å². The van der Waals surface area contributed by atoms with Crippen LogP contribution < -0.4 is 14.4 Å². The minimum Gasteiger partial charge on any atom is -0.491 e. The van der Waals surface area contributed by atoms with Crippen LogP contribution in [0.3, 0.4) is 0 Å². The highest BCUT2D eigenvalue weighted by atomic mass is 32.2. The molecule has 9 nitrogen and oxygen atoms in total. The zero-order valence-corrected chi connectivity index (χ0v) is 20.6. The first-order valence-corrected chi connectivity index (χ1v) is 13.1. The summed E-state index contributed by atoms with van der Waals surface area (Å²) in [6.07, 6.45) is 3.88. The smallest absolute Gasteiger partial charge is 0.294 e. The maximum atomic E-state index is 11.3. The van der Waals surface area contributed by atoms with E-state index in [4.69, 9.17) is 18.8 Å². The molecule has 0 saturated carbocycles. The van der Waals surface area contributed by atoms with E-state index in [9.17, 15) is 8.42 Å². The molecule has 0 radical (unpaired) electrons. The van der Waals surface area contributed by atoms with Crippen molar-refractivity contribution in [3.63, 3.8) is 0 Å². The van der Waals surface area contributed by atoms with Gasteiger partial charge in [0.25, 0.3) is 10.1 Å². The molecule has 0 bridgehead atoms. The molecule has 10 heteroatoms. The Balaban J connectivity index is 1.94. The Morgan fingerprint density at radius 1 is 0.941 bits per heavy atom. The molecular weight excluding hydrogens is 458 g/mol. The number of hydrogen-bond acceptors (Lipinski definition) is 8. The van der Waals surface area contributed by atoms with Crippen LogP contribution in [0.4, 0.5) is 17.1 Å². The Morgan fingerprint density at radius 3 is 2.15 bits per heavy atom. The van der Waals surface area contributed by atoms with Gasteiger partial charge in [-0.05, 0) is 37.1 Å². The molecule has 34 heavy (non-hydrogen) atoms. The standard InChI is InChI=1S/C24H33N3O6S/c1-3-5-13-32-23-18-22(27-11-15-31-16-12-27)24(33-14-6-4-2)17-21(23)26-25-19-7-9-20(10-8-19)34(28,29)30/h7-10,17-18H,3-6,11-16H2,1-2H3,(H,28,29,30). The zero-order valence-electron chi connectivity index (χ0n) is 19.8. The SMILES string of the molecule is CCCCOc1cc(N2CCOCC2)c(OCCCC)cc1N=Nc1ccc(S(=O)(=O)O)cc1. The van der Waals surface area contributed by atoms with Crippen LogP contribution in [0.25, 0.3) is 0 Å². The van der Waals surface area contributed by atoms with Crippen LogP contribution >= 0.6 is 0 Å². The Morgan fingerprint density at radius 2 is 1.56 bits per heavy atom. The highest BCUT2D eigenvalue weighted by Crippen LogP contribution is 2.41. The molecule has 1 heterocycles. The molecule has 0 aromatic heterocycles. The van der Waals surface area contributed by atoms with E-state index in [1.807, 2.05) is 12.1 Å². The normalized spacial score (nSPS) is 14.5. The summed E-state index contributed by atoms with van der Waals surface area (Å²) in [5.74, 6) is 1.32. The summed E-state index contributed by atoms with van der Waals surface area (Å²) in [5, 5.41) is 8.63. The molecular formula is C24H33N3O6S. The van der Waals surface area contributed by atoms with Crippen LogP contribution in [0.2, 0.25) is 0 Å². The largest absolute Gasteiger partial charge is 0.491 e. The van der Waals surface area contributed by atoms with E-state index in [0.29, 0.717) is 49.3 Å². The average molecular weight is 492 g/mol. The second-order valence-corrected chi connectivity index (χ2v) is 9.38. The lowest BCUT2D eigenvalue weighted by Crippen LogP contribution is -2.36. The summed E-state index contributed by atoms with van der Waals surface area (Å²) in [7, 11) is -4.26. The summed E-state index contributed by atoms with van der Waals surface area (Å²) in [5.41, 5.74) is 1.92. The van der Waals surface area contributed by atoms with E-state index in [-0.39, 0.29) is 4.90 Å². The minimum absolute atomic E-state index is 0.198. The number of anilines is 1. The number of ether oxygens (including phenoxy) is 3. The van der Waals surface area contributed by atoms with Gasteiger partial charge in [0.05, 0.1) is 42.7 Å². The fourth-order valence-corrected chi connectivity index (χ4v) is 3.83. The van der Waals surface area contributed by atoms with Gasteiger partial charge in [-0.3, -0.25) is 4.55 Å². The van der Waals surface area contributed by atoms with Gasteiger partial charge in [-0.1, -0.05) is 26.7 Å². The lowest BCUT2D eigenvalue weighted by atomic mass is 10.2. The van der Waals surface area contributed by atoms with Gasteiger partial charge in [0, 0.05) is 25.2 Å². The van der Waals surface area contributed by atoms with Crippen LogP contribution in [0, 0.1) is 0 Å². The number of hydrogen-bond donors (Lipinski definition) is 1. The van der Waals surface area contributed by atoms with Crippen LogP contribution in [-0.4, -0.2) is 52.5 Å². The van der Waals surface area contributed by atoms with E-state index >= 15 is 0 Å². The van der Waals surface area contributed by atoms with E-state index in [1.54, 1.807) is 0 Å². The molecule has 186 valence electrons. The summed E-state index contributed by atoms with van der Waals surface area (Å²) in [4.78, 5) is 2.03. The van der Waals surface area contributed by atoms with Gasteiger partial charge in [0.1, 0.15) is 17.2 Å². The van der Waals surface area contributed by atoms with Crippen molar-refractivity contribution in [2.24, 2.45) is 10.2 Å². The number of unbranched alkanes of at least 4 members (excludes halogenated alkanes) is 2. The van der Waals surface area contributed by atoms with Gasteiger partial charge in [-0.25, -0.2) is 0 Å². The Kier molecular flexibility index (Phi) is 9.67. The molecule has 1 saturated heterocycles. The number of rotatable bonds is 12. The first-order chi connectivity index (χ1) is 16.4.